The van der Waals surface area contributed by atoms with Crippen LogP contribution in [0.4, 0.5) is 10.1 Å². The van der Waals surface area contributed by atoms with E-state index in [1.54, 1.807) is 10.7 Å². The first-order valence-electron chi connectivity index (χ1n) is 10.6. The topological polar surface area (TPSA) is 78.8 Å². The fraction of sp³-hybridized carbons (Fsp3) is 0.500. The highest BCUT2D eigenvalue weighted by atomic mass is 19.1. The van der Waals surface area contributed by atoms with Gasteiger partial charge in [0.2, 0.25) is 5.91 Å². The number of aryl methyl sites for hydroxylation is 2. The SMILES string of the molecule is Cc1nn(C)c(C)c1NC(=O)CCN1CCC[C@H](Cc2nc3ccc(F)cc3[nH]2)C1. The predicted octanol–water partition coefficient (Wildman–Crippen LogP) is 3.34. The van der Waals surface area contributed by atoms with Gasteiger partial charge < -0.3 is 15.2 Å². The lowest BCUT2D eigenvalue weighted by atomic mass is 9.94. The number of likely N-dealkylation sites (tertiary alicyclic amines) is 1. The standard InChI is InChI=1S/C22H29FN6O/c1-14-22(15(2)28(3)27-14)26-21(30)8-10-29-9-4-5-16(13-29)11-20-24-18-7-6-17(23)12-19(18)25-20/h6-7,12,16H,4-5,8-11,13H2,1-3H3,(H,24,25)(H,26,30)/t16-/m1/s1. The summed E-state index contributed by atoms with van der Waals surface area (Å²) in [7, 11) is 1.88. The molecule has 1 atom stereocenters. The minimum absolute atomic E-state index is 0.0237. The van der Waals surface area contributed by atoms with Gasteiger partial charge in [-0.25, -0.2) is 9.37 Å². The molecule has 8 heteroatoms. The number of aromatic nitrogens is 4. The van der Waals surface area contributed by atoms with E-state index in [0.717, 1.165) is 72.8 Å². The van der Waals surface area contributed by atoms with Crippen molar-refractivity contribution in [1.29, 1.82) is 0 Å². The predicted molar refractivity (Wildman–Crippen MR) is 115 cm³/mol. The van der Waals surface area contributed by atoms with Crippen LogP contribution in [0.5, 0.6) is 0 Å². The van der Waals surface area contributed by atoms with E-state index in [-0.39, 0.29) is 11.7 Å². The lowest BCUT2D eigenvalue weighted by molar-refractivity contribution is -0.116. The average Bonchev–Trinajstić information content (AvgIpc) is 3.21. The van der Waals surface area contributed by atoms with Crippen molar-refractivity contribution >= 4 is 22.6 Å². The zero-order valence-electron chi connectivity index (χ0n) is 17.8. The molecule has 0 aliphatic carbocycles. The van der Waals surface area contributed by atoms with Gasteiger partial charge in [0.15, 0.2) is 0 Å². The van der Waals surface area contributed by atoms with Gasteiger partial charge in [-0.05, 0) is 57.4 Å². The van der Waals surface area contributed by atoms with Crippen molar-refractivity contribution in [1.82, 2.24) is 24.6 Å². The number of imidazole rings is 1. The first-order chi connectivity index (χ1) is 14.4. The van der Waals surface area contributed by atoms with E-state index >= 15 is 0 Å². The number of carbonyl (C=O) groups is 1. The van der Waals surface area contributed by atoms with Crippen LogP contribution in [0.1, 0.15) is 36.5 Å². The lowest BCUT2D eigenvalue weighted by Gasteiger charge is -2.32. The van der Waals surface area contributed by atoms with Crippen molar-refractivity contribution in [2.24, 2.45) is 13.0 Å². The van der Waals surface area contributed by atoms with Crippen LogP contribution in [-0.4, -0.2) is 50.2 Å². The number of rotatable bonds is 6. The number of piperidine rings is 1. The third kappa shape index (κ3) is 4.53. The molecule has 3 aromatic rings. The van der Waals surface area contributed by atoms with Crippen LogP contribution in [0.2, 0.25) is 0 Å². The third-order valence-electron chi connectivity index (χ3n) is 6.01. The van der Waals surface area contributed by atoms with Gasteiger partial charge in [0, 0.05) is 33.0 Å². The number of nitrogens with one attached hydrogen (secondary N) is 2. The summed E-state index contributed by atoms with van der Waals surface area (Å²) in [6, 6.07) is 4.64. The molecule has 160 valence electrons. The molecule has 1 fully saturated rings. The molecule has 1 aromatic carbocycles. The Bertz CT molecular complexity index is 1060. The van der Waals surface area contributed by atoms with Crippen molar-refractivity contribution in [2.75, 3.05) is 25.0 Å². The summed E-state index contributed by atoms with van der Waals surface area (Å²) in [4.78, 5) is 22.7. The van der Waals surface area contributed by atoms with Crippen molar-refractivity contribution < 1.29 is 9.18 Å². The van der Waals surface area contributed by atoms with Crippen LogP contribution in [0.25, 0.3) is 11.0 Å². The molecule has 0 saturated carbocycles. The van der Waals surface area contributed by atoms with Crippen LogP contribution >= 0.6 is 0 Å². The van der Waals surface area contributed by atoms with Crippen molar-refractivity contribution in [3.05, 3.63) is 41.2 Å². The van der Waals surface area contributed by atoms with Gasteiger partial charge in [0.05, 0.1) is 28.1 Å². The maximum absolute atomic E-state index is 13.4. The van der Waals surface area contributed by atoms with Crippen LogP contribution in [0.15, 0.2) is 18.2 Å². The van der Waals surface area contributed by atoms with Gasteiger partial charge in [0.25, 0.3) is 0 Å². The van der Waals surface area contributed by atoms with Crippen molar-refractivity contribution in [3.8, 4) is 0 Å². The number of hydrogen-bond acceptors (Lipinski definition) is 4. The highest BCUT2D eigenvalue weighted by Gasteiger charge is 2.22. The number of amides is 1. The van der Waals surface area contributed by atoms with Gasteiger partial charge in [-0.1, -0.05) is 0 Å². The van der Waals surface area contributed by atoms with E-state index in [1.165, 1.54) is 12.1 Å². The maximum atomic E-state index is 13.4. The third-order valence-corrected chi connectivity index (χ3v) is 6.01. The first kappa shape index (κ1) is 20.5. The molecule has 0 bridgehead atoms. The highest BCUT2D eigenvalue weighted by molar-refractivity contribution is 5.92. The van der Waals surface area contributed by atoms with Crippen LogP contribution in [0, 0.1) is 25.6 Å². The second-order valence-corrected chi connectivity index (χ2v) is 8.33. The van der Waals surface area contributed by atoms with E-state index < -0.39 is 0 Å². The Kier molecular flexibility index (Phi) is 5.85. The molecular weight excluding hydrogens is 383 g/mol. The number of hydrogen-bond donors (Lipinski definition) is 2. The number of aromatic amines is 1. The molecule has 4 rings (SSSR count). The van der Waals surface area contributed by atoms with Crippen molar-refractivity contribution in [2.45, 2.75) is 39.5 Å². The summed E-state index contributed by atoms with van der Waals surface area (Å²) in [6.45, 7) is 6.57. The Morgan fingerprint density at radius 1 is 1.37 bits per heavy atom. The van der Waals surface area contributed by atoms with E-state index in [4.69, 9.17) is 0 Å². The van der Waals surface area contributed by atoms with Gasteiger partial charge in [-0.2, -0.15) is 5.10 Å². The Hall–Kier alpha value is -2.74. The van der Waals surface area contributed by atoms with Gasteiger partial charge in [-0.3, -0.25) is 9.48 Å². The summed E-state index contributed by atoms with van der Waals surface area (Å²) < 4.78 is 15.2. The molecule has 3 heterocycles. The summed E-state index contributed by atoms with van der Waals surface area (Å²) in [5, 5.41) is 7.36. The van der Waals surface area contributed by atoms with E-state index in [0.29, 0.717) is 12.3 Å². The van der Waals surface area contributed by atoms with Gasteiger partial charge >= 0.3 is 0 Å². The van der Waals surface area contributed by atoms with Gasteiger partial charge in [-0.15, -0.1) is 0 Å². The Balaban J connectivity index is 1.29. The molecular formula is C22H29FN6O. The van der Waals surface area contributed by atoms with Crippen LogP contribution < -0.4 is 5.32 Å². The fourth-order valence-electron chi connectivity index (χ4n) is 4.34. The summed E-state index contributed by atoms with van der Waals surface area (Å²) in [5.41, 5.74) is 4.17. The molecule has 0 unspecified atom stereocenters. The van der Waals surface area contributed by atoms with Crippen LogP contribution in [0.3, 0.4) is 0 Å². The summed E-state index contributed by atoms with van der Waals surface area (Å²) in [5.74, 6) is 1.16. The molecule has 1 amide bonds. The number of halogens is 1. The average molecular weight is 413 g/mol. The number of anilines is 1. The Labute approximate surface area is 175 Å². The lowest BCUT2D eigenvalue weighted by Crippen LogP contribution is -2.38. The molecule has 30 heavy (non-hydrogen) atoms. The molecule has 7 nitrogen and oxygen atoms in total. The first-order valence-corrected chi connectivity index (χ1v) is 10.6. The number of fused-ring (bicyclic) bond motifs is 1. The molecule has 1 aliphatic heterocycles. The molecule has 1 saturated heterocycles. The number of benzene rings is 1. The molecule has 2 N–H and O–H groups in total. The largest absolute Gasteiger partial charge is 0.342 e. The molecule has 2 aromatic heterocycles. The quantitative estimate of drug-likeness (QED) is 0.651. The molecule has 0 spiro atoms. The normalized spacial score (nSPS) is 17.5. The van der Waals surface area contributed by atoms with E-state index in [9.17, 15) is 9.18 Å². The zero-order chi connectivity index (χ0) is 21.3. The highest BCUT2D eigenvalue weighted by Crippen LogP contribution is 2.22. The number of nitrogens with zero attached hydrogens (tertiary/aromatic N) is 4. The van der Waals surface area contributed by atoms with Crippen LogP contribution in [-0.2, 0) is 18.3 Å². The second kappa shape index (κ2) is 8.55. The Morgan fingerprint density at radius 2 is 2.20 bits per heavy atom. The molecule has 1 aliphatic rings. The monoisotopic (exact) mass is 412 g/mol. The minimum atomic E-state index is -0.253. The fourth-order valence-corrected chi connectivity index (χ4v) is 4.34. The Morgan fingerprint density at radius 3 is 2.97 bits per heavy atom. The van der Waals surface area contributed by atoms with Gasteiger partial charge in [0.1, 0.15) is 11.6 Å². The summed E-state index contributed by atoms with van der Waals surface area (Å²) in [6.07, 6.45) is 3.56. The number of H-pyrrole nitrogens is 1. The summed E-state index contributed by atoms with van der Waals surface area (Å²) >= 11 is 0. The zero-order valence-corrected chi connectivity index (χ0v) is 17.8. The van der Waals surface area contributed by atoms with E-state index in [2.05, 4.69) is 25.3 Å². The smallest absolute Gasteiger partial charge is 0.225 e. The van der Waals surface area contributed by atoms with Crippen molar-refractivity contribution in [3.63, 3.8) is 0 Å². The maximum Gasteiger partial charge on any atom is 0.225 e. The second-order valence-electron chi connectivity index (χ2n) is 8.33. The minimum Gasteiger partial charge on any atom is -0.342 e. The van der Waals surface area contributed by atoms with E-state index in [1.807, 2.05) is 20.9 Å². The molecule has 0 radical (unpaired) electrons. The number of carbonyl (C=O) groups excluding carboxylic acids is 1.